The summed E-state index contributed by atoms with van der Waals surface area (Å²) in [5.41, 5.74) is 2.24. The molecule has 5 rings (SSSR count). The van der Waals surface area contributed by atoms with Crippen LogP contribution in [0.5, 0.6) is 0 Å². The van der Waals surface area contributed by atoms with Crippen LogP contribution in [0.15, 0.2) is 39.5 Å². The topological polar surface area (TPSA) is 102 Å². The highest BCUT2D eigenvalue weighted by Crippen LogP contribution is 2.34. The molecule has 33 heavy (non-hydrogen) atoms. The van der Waals surface area contributed by atoms with Gasteiger partial charge in [-0.05, 0) is 58.7 Å². The number of piperidine rings is 1. The number of ketones is 1. The van der Waals surface area contributed by atoms with Crippen molar-refractivity contribution in [2.75, 3.05) is 31.5 Å². The lowest BCUT2D eigenvalue weighted by atomic mass is 9.86. The highest BCUT2D eigenvalue weighted by molar-refractivity contribution is 6.12. The number of hydrogen-bond donors (Lipinski definition) is 3. The Bertz CT molecular complexity index is 1000. The number of fused-ring (bicyclic) bond motifs is 1. The molecule has 1 aliphatic carbocycles. The van der Waals surface area contributed by atoms with E-state index in [1.807, 2.05) is 12.1 Å². The number of carbonyl (C=O) groups excluding carboxylic acids is 1. The summed E-state index contributed by atoms with van der Waals surface area (Å²) >= 11 is 0. The average molecular weight is 451 g/mol. The minimum Gasteiger partial charge on any atom is -0.385 e. The van der Waals surface area contributed by atoms with Crippen molar-refractivity contribution in [1.29, 1.82) is 0 Å². The second kappa shape index (κ2) is 8.99. The molecule has 0 amide bonds. The van der Waals surface area contributed by atoms with Gasteiger partial charge in [-0.2, -0.15) is 4.99 Å². The summed E-state index contributed by atoms with van der Waals surface area (Å²) < 4.78 is 0. The van der Waals surface area contributed by atoms with Gasteiger partial charge in [0.15, 0.2) is 0 Å². The molecule has 1 atom stereocenters. The van der Waals surface area contributed by atoms with Crippen molar-refractivity contribution in [2.24, 2.45) is 15.9 Å². The number of aliphatic hydroxyl groups is 1. The zero-order chi connectivity index (χ0) is 23.0. The van der Waals surface area contributed by atoms with E-state index in [9.17, 15) is 9.90 Å². The lowest BCUT2D eigenvalue weighted by Crippen LogP contribution is -2.50. The first kappa shape index (κ1) is 22.2. The highest BCUT2D eigenvalue weighted by Gasteiger charge is 2.38. The molecule has 4 heterocycles. The monoisotopic (exact) mass is 450 g/mol. The number of rotatable bonds is 4. The largest absolute Gasteiger partial charge is 0.385 e. The van der Waals surface area contributed by atoms with E-state index in [1.54, 1.807) is 13.1 Å². The standard InChI is InChI=1S/C25H34N6O2/c1-16-20-14-28-24(29-22-8-7-18(13-27-22)25(33)9-11-26-12-10-25)30-23(20)31(15-21(16)17(2)32)19-5-3-4-6-19/h7-8,13,19,21,26,33H,3-6,9-12,14-15H2,1-2H3,(H,27,28,29). The molecule has 0 radical (unpaired) electrons. The summed E-state index contributed by atoms with van der Waals surface area (Å²) in [6, 6.07) is 4.27. The molecule has 2 fully saturated rings. The van der Waals surface area contributed by atoms with Crippen molar-refractivity contribution >= 4 is 23.4 Å². The number of nitrogens with one attached hydrogen (secondary N) is 2. The van der Waals surface area contributed by atoms with Crippen molar-refractivity contribution in [3.8, 4) is 0 Å². The first-order valence-electron chi connectivity index (χ1n) is 12.2. The average Bonchev–Trinajstić information content (AvgIpc) is 3.35. The summed E-state index contributed by atoms with van der Waals surface area (Å²) in [5, 5.41) is 17.5. The second-order valence-corrected chi connectivity index (χ2v) is 9.83. The Morgan fingerprint density at radius 3 is 2.67 bits per heavy atom. The molecule has 8 heteroatoms. The molecule has 1 unspecified atom stereocenters. The number of hydrogen-bond acceptors (Lipinski definition) is 8. The highest BCUT2D eigenvalue weighted by atomic mass is 16.3. The maximum absolute atomic E-state index is 12.3. The van der Waals surface area contributed by atoms with Crippen molar-refractivity contribution in [3.63, 3.8) is 0 Å². The number of guanidine groups is 1. The van der Waals surface area contributed by atoms with Crippen LogP contribution in [-0.2, 0) is 10.4 Å². The third kappa shape index (κ3) is 4.34. The van der Waals surface area contributed by atoms with Crippen LogP contribution in [0.4, 0.5) is 5.82 Å². The van der Waals surface area contributed by atoms with Gasteiger partial charge in [-0.15, -0.1) is 0 Å². The minimum absolute atomic E-state index is 0.0701. The molecule has 4 aliphatic rings. The number of Topliss-reactive ketones (excluding diaryl/α,β-unsaturated/α-hetero) is 1. The number of carbonyl (C=O) groups is 1. The Labute approximate surface area is 195 Å². The van der Waals surface area contributed by atoms with Crippen LogP contribution >= 0.6 is 0 Å². The lowest BCUT2D eigenvalue weighted by molar-refractivity contribution is -0.120. The maximum atomic E-state index is 12.3. The first-order valence-corrected chi connectivity index (χ1v) is 12.2. The van der Waals surface area contributed by atoms with E-state index in [4.69, 9.17) is 4.99 Å². The molecular weight excluding hydrogens is 416 g/mol. The molecule has 3 N–H and O–H groups in total. The molecule has 1 aromatic rings. The van der Waals surface area contributed by atoms with Crippen LogP contribution in [0.25, 0.3) is 0 Å². The Balaban J connectivity index is 1.37. The predicted octanol–water partition coefficient (Wildman–Crippen LogP) is 2.61. The summed E-state index contributed by atoms with van der Waals surface area (Å²) in [6.07, 6.45) is 7.89. The third-order valence-corrected chi connectivity index (χ3v) is 7.75. The van der Waals surface area contributed by atoms with Gasteiger partial charge in [0, 0.05) is 29.9 Å². The SMILES string of the molecule is CC(=O)C1CN(C2CCCC2)C2=NC(Nc3ccc(C4(O)CCNCC4)cn3)=NCC2=C1C. The van der Waals surface area contributed by atoms with E-state index in [0.717, 1.165) is 48.5 Å². The van der Waals surface area contributed by atoms with Gasteiger partial charge < -0.3 is 20.6 Å². The van der Waals surface area contributed by atoms with Crippen LogP contribution in [0.2, 0.25) is 0 Å². The molecule has 1 saturated carbocycles. The van der Waals surface area contributed by atoms with Crippen LogP contribution in [0, 0.1) is 5.92 Å². The van der Waals surface area contributed by atoms with Crippen LogP contribution < -0.4 is 10.6 Å². The van der Waals surface area contributed by atoms with Crippen LogP contribution in [-0.4, -0.2) is 64.8 Å². The van der Waals surface area contributed by atoms with Gasteiger partial charge in [0.05, 0.1) is 18.1 Å². The van der Waals surface area contributed by atoms with Gasteiger partial charge in [0.1, 0.15) is 17.4 Å². The van der Waals surface area contributed by atoms with Crippen molar-refractivity contribution < 1.29 is 9.90 Å². The van der Waals surface area contributed by atoms with Gasteiger partial charge >= 0.3 is 0 Å². The first-order chi connectivity index (χ1) is 15.9. The van der Waals surface area contributed by atoms with Crippen LogP contribution in [0.3, 0.4) is 0 Å². The Hall–Kier alpha value is -2.58. The molecule has 0 aromatic carbocycles. The number of aromatic nitrogens is 1. The normalized spacial score (nSPS) is 25.4. The van der Waals surface area contributed by atoms with E-state index >= 15 is 0 Å². The number of nitrogens with zero attached hydrogens (tertiary/aromatic N) is 4. The molecule has 176 valence electrons. The van der Waals surface area contributed by atoms with Crippen molar-refractivity contribution in [2.45, 2.75) is 64.0 Å². The van der Waals surface area contributed by atoms with E-state index in [2.05, 4.69) is 32.4 Å². The van der Waals surface area contributed by atoms with E-state index in [1.165, 1.54) is 12.8 Å². The summed E-state index contributed by atoms with van der Waals surface area (Å²) in [4.78, 5) is 28.8. The summed E-state index contributed by atoms with van der Waals surface area (Å²) in [7, 11) is 0. The fourth-order valence-electron chi connectivity index (χ4n) is 5.62. The second-order valence-electron chi connectivity index (χ2n) is 9.83. The number of aliphatic imine (C=N–C) groups is 2. The summed E-state index contributed by atoms with van der Waals surface area (Å²) in [6.45, 7) is 6.60. The molecule has 1 saturated heterocycles. The summed E-state index contributed by atoms with van der Waals surface area (Å²) in [5.74, 6) is 2.32. The molecule has 8 nitrogen and oxygen atoms in total. The number of anilines is 1. The molecule has 0 bridgehead atoms. The number of amidine groups is 1. The van der Waals surface area contributed by atoms with E-state index in [-0.39, 0.29) is 11.7 Å². The Morgan fingerprint density at radius 1 is 1.24 bits per heavy atom. The maximum Gasteiger partial charge on any atom is 0.226 e. The minimum atomic E-state index is -0.812. The molecule has 1 aromatic heterocycles. The van der Waals surface area contributed by atoms with Gasteiger partial charge in [-0.25, -0.2) is 9.98 Å². The quantitative estimate of drug-likeness (QED) is 0.652. The Kier molecular flexibility index (Phi) is 6.05. The predicted molar refractivity (Wildman–Crippen MR) is 129 cm³/mol. The fourth-order valence-corrected chi connectivity index (χ4v) is 5.62. The Morgan fingerprint density at radius 2 is 2.00 bits per heavy atom. The third-order valence-electron chi connectivity index (χ3n) is 7.75. The van der Waals surface area contributed by atoms with Crippen LogP contribution in [0.1, 0.15) is 57.9 Å². The lowest BCUT2D eigenvalue weighted by Gasteiger charge is -2.41. The van der Waals surface area contributed by atoms with Gasteiger partial charge in [0.25, 0.3) is 0 Å². The molecular formula is C25H34N6O2. The zero-order valence-corrected chi connectivity index (χ0v) is 19.6. The van der Waals surface area contributed by atoms with Crippen molar-refractivity contribution in [3.05, 3.63) is 35.0 Å². The fraction of sp³-hybridized carbons (Fsp3) is 0.600. The van der Waals surface area contributed by atoms with Gasteiger partial charge in [-0.1, -0.05) is 24.5 Å². The van der Waals surface area contributed by atoms with Gasteiger partial charge in [0.2, 0.25) is 5.96 Å². The molecule has 3 aliphatic heterocycles. The van der Waals surface area contributed by atoms with Crippen molar-refractivity contribution in [1.82, 2.24) is 15.2 Å². The molecule has 0 spiro atoms. The number of pyridine rings is 1. The van der Waals surface area contributed by atoms with E-state index < -0.39 is 5.60 Å². The van der Waals surface area contributed by atoms with Gasteiger partial charge in [-0.3, -0.25) is 4.79 Å². The zero-order valence-electron chi connectivity index (χ0n) is 19.6. The van der Waals surface area contributed by atoms with E-state index in [0.29, 0.717) is 43.8 Å². The smallest absolute Gasteiger partial charge is 0.226 e.